The van der Waals surface area contributed by atoms with Gasteiger partial charge in [0.1, 0.15) is 0 Å². The standard InChI is InChI=1S/C18H28/c1-7-16(3)12-10-9-11-14-18(5,6)15-13-17(4)8-2/h2,7,9-10,12,17H,1,11,13-15H2,3-6H3/b10-9-,16-12-. The zero-order valence-electron chi connectivity index (χ0n) is 12.5. The molecule has 0 aromatic rings. The molecule has 0 heterocycles. The summed E-state index contributed by atoms with van der Waals surface area (Å²) in [4.78, 5) is 0. The Kier molecular flexibility index (Phi) is 8.21. The summed E-state index contributed by atoms with van der Waals surface area (Å²) >= 11 is 0. The number of hydrogen-bond acceptors (Lipinski definition) is 0. The minimum absolute atomic E-state index is 0.382. The summed E-state index contributed by atoms with van der Waals surface area (Å²) in [5, 5.41) is 0. The molecule has 0 aromatic heterocycles. The van der Waals surface area contributed by atoms with E-state index >= 15 is 0 Å². The van der Waals surface area contributed by atoms with E-state index in [2.05, 4.69) is 58.4 Å². The molecule has 0 aliphatic heterocycles. The third kappa shape index (κ3) is 8.88. The highest BCUT2D eigenvalue weighted by molar-refractivity contribution is 5.19. The van der Waals surface area contributed by atoms with Crippen molar-refractivity contribution in [2.45, 2.75) is 53.4 Å². The fourth-order valence-corrected chi connectivity index (χ4v) is 1.67. The maximum absolute atomic E-state index is 5.41. The Morgan fingerprint density at radius 2 is 2.06 bits per heavy atom. The molecule has 1 unspecified atom stereocenters. The molecule has 0 spiro atoms. The van der Waals surface area contributed by atoms with Crippen molar-refractivity contribution in [2.24, 2.45) is 11.3 Å². The second-order valence-electron chi connectivity index (χ2n) is 5.85. The van der Waals surface area contributed by atoms with Crippen LogP contribution in [0, 0.1) is 23.7 Å². The SMILES string of the molecule is C#CC(C)CCC(C)(C)CC/C=C\C=C(\C)C=C. The molecule has 0 aliphatic carbocycles. The molecule has 0 bridgehead atoms. The van der Waals surface area contributed by atoms with Crippen LogP contribution in [-0.4, -0.2) is 0 Å². The summed E-state index contributed by atoms with van der Waals surface area (Å²) in [6.07, 6.45) is 18.4. The van der Waals surface area contributed by atoms with Crippen LogP contribution < -0.4 is 0 Å². The zero-order valence-corrected chi connectivity index (χ0v) is 12.5. The van der Waals surface area contributed by atoms with Crippen molar-refractivity contribution in [3.05, 3.63) is 36.5 Å². The molecule has 0 aromatic carbocycles. The Bertz CT molecular complexity index is 334. The Morgan fingerprint density at radius 1 is 1.39 bits per heavy atom. The van der Waals surface area contributed by atoms with Crippen molar-refractivity contribution < 1.29 is 0 Å². The van der Waals surface area contributed by atoms with E-state index in [1.165, 1.54) is 18.4 Å². The van der Waals surface area contributed by atoms with Crippen molar-refractivity contribution in [1.82, 2.24) is 0 Å². The molecule has 1 atom stereocenters. The summed E-state index contributed by atoms with van der Waals surface area (Å²) < 4.78 is 0. The smallest absolute Gasteiger partial charge is 0.0172 e. The summed E-state index contributed by atoms with van der Waals surface area (Å²) in [5.41, 5.74) is 1.58. The topological polar surface area (TPSA) is 0 Å². The summed E-state index contributed by atoms with van der Waals surface area (Å²) in [5.74, 6) is 3.20. The van der Waals surface area contributed by atoms with E-state index in [0.29, 0.717) is 11.3 Å². The number of rotatable bonds is 8. The molecule has 0 fully saturated rings. The Balaban J connectivity index is 3.97. The maximum Gasteiger partial charge on any atom is 0.0172 e. The molecule has 0 heteroatoms. The molecule has 0 amide bonds. The highest BCUT2D eigenvalue weighted by Crippen LogP contribution is 2.30. The van der Waals surface area contributed by atoms with Crippen LogP contribution in [0.2, 0.25) is 0 Å². The van der Waals surface area contributed by atoms with Crippen molar-refractivity contribution in [3.63, 3.8) is 0 Å². The largest absolute Gasteiger partial charge is 0.120 e. The first-order chi connectivity index (χ1) is 8.41. The minimum atomic E-state index is 0.382. The molecule has 0 N–H and O–H groups in total. The maximum atomic E-state index is 5.41. The highest BCUT2D eigenvalue weighted by atomic mass is 14.2. The molecular formula is C18H28. The van der Waals surface area contributed by atoms with Crippen LogP contribution >= 0.6 is 0 Å². The molecule has 100 valence electrons. The van der Waals surface area contributed by atoms with Gasteiger partial charge >= 0.3 is 0 Å². The third-order valence-corrected chi connectivity index (χ3v) is 3.34. The quantitative estimate of drug-likeness (QED) is 0.389. The van der Waals surface area contributed by atoms with Gasteiger partial charge in [-0.3, -0.25) is 0 Å². The normalized spacial score (nSPS) is 14.5. The van der Waals surface area contributed by atoms with Gasteiger partial charge in [-0.25, -0.2) is 0 Å². The second-order valence-corrected chi connectivity index (χ2v) is 5.85. The number of allylic oxidation sites excluding steroid dienone is 5. The van der Waals surface area contributed by atoms with Crippen LogP contribution in [0.3, 0.4) is 0 Å². The molecule has 18 heavy (non-hydrogen) atoms. The average molecular weight is 244 g/mol. The molecule has 0 saturated heterocycles. The molecule has 0 nitrogen and oxygen atoms in total. The van der Waals surface area contributed by atoms with Crippen LogP contribution in [0.1, 0.15) is 53.4 Å². The Hall–Kier alpha value is -1.22. The van der Waals surface area contributed by atoms with E-state index in [4.69, 9.17) is 6.42 Å². The van der Waals surface area contributed by atoms with E-state index in [1.54, 1.807) is 0 Å². The van der Waals surface area contributed by atoms with Crippen LogP contribution in [0.25, 0.3) is 0 Å². The Labute approximate surface area is 114 Å². The zero-order chi connectivity index (χ0) is 14.0. The van der Waals surface area contributed by atoms with Gasteiger partial charge in [0.05, 0.1) is 0 Å². The fraction of sp³-hybridized carbons (Fsp3) is 0.556. The van der Waals surface area contributed by atoms with Gasteiger partial charge < -0.3 is 0 Å². The average Bonchev–Trinajstić information content (AvgIpc) is 2.35. The molecule has 0 radical (unpaired) electrons. The first kappa shape index (κ1) is 16.8. The van der Waals surface area contributed by atoms with E-state index < -0.39 is 0 Å². The lowest BCUT2D eigenvalue weighted by Gasteiger charge is -2.24. The fourth-order valence-electron chi connectivity index (χ4n) is 1.67. The third-order valence-electron chi connectivity index (χ3n) is 3.34. The first-order valence-electron chi connectivity index (χ1n) is 6.83. The monoisotopic (exact) mass is 244 g/mol. The Morgan fingerprint density at radius 3 is 2.61 bits per heavy atom. The lowest BCUT2D eigenvalue weighted by atomic mass is 9.81. The second kappa shape index (κ2) is 8.81. The van der Waals surface area contributed by atoms with Gasteiger partial charge in [0, 0.05) is 5.92 Å². The van der Waals surface area contributed by atoms with Gasteiger partial charge in [-0.1, -0.05) is 57.2 Å². The van der Waals surface area contributed by atoms with Gasteiger partial charge in [-0.2, -0.15) is 0 Å². The van der Waals surface area contributed by atoms with Crippen molar-refractivity contribution in [3.8, 4) is 12.3 Å². The lowest BCUT2D eigenvalue weighted by Crippen LogP contribution is -2.12. The van der Waals surface area contributed by atoms with Crippen LogP contribution in [0.4, 0.5) is 0 Å². The van der Waals surface area contributed by atoms with Gasteiger partial charge in [0.2, 0.25) is 0 Å². The molecule has 0 aliphatic rings. The van der Waals surface area contributed by atoms with Crippen LogP contribution in [0.5, 0.6) is 0 Å². The molecule has 0 saturated carbocycles. The first-order valence-corrected chi connectivity index (χ1v) is 6.83. The minimum Gasteiger partial charge on any atom is -0.120 e. The lowest BCUT2D eigenvalue weighted by molar-refractivity contribution is 0.291. The van der Waals surface area contributed by atoms with Crippen molar-refractivity contribution in [2.75, 3.05) is 0 Å². The summed E-state index contributed by atoms with van der Waals surface area (Å²) in [7, 11) is 0. The summed E-state index contributed by atoms with van der Waals surface area (Å²) in [6, 6.07) is 0. The van der Waals surface area contributed by atoms with Gasteiger partial charge in [-0.15, -0.1) is 12.3 Å². The predicted molar refractivity (Wildman–Crippen MR) is 83.3 cm³/mol. The number of hydrogen-bond donors (Lipinski definition) is 0. The van der Waals surface area contributed by atoms with Crippen LogP contribution in [-0.2, 0) is 0 Å². The van der Waals surface area contributed by atoms with Gasteiger partial charge in [0.25, 0.3) is 0 Å². The van der Waals surface area contributed by atoms with E-state index in [0.717, 1.165) is 12.8 Å². The van der Waals surface area contributed by atoms with Gasteiger partial charge in [-0.05, 0) is 38.0 Å². The van der Waals surface area contributed by atoms with E-state index in [1.807, 2.05) is 6.08 Å². The predicted octanol–water partition coefficient (Wildman–Crippen LogP) is 5.53. The van der Waals surface area contributed by atoms with E-state index in [9.17, 15) is 0 Å². The van der Waals surface area contributed by atoms with Crippen molar-refractivity contribution in [1.29, 1.82) is 0 Å². The van der Waals surface area contributed by atoms with Crippen molar-refractivity contribution >= 4 is 0 Å². The van der Waals surface area contributed by atoms with Crippen LogP contribution in [0.15, 0.2) is 36.5 Å². The van der Waals surface area contributed by atoms with Gasteiger partial charge in [0.15, 0.2) is 0 Å². The summed E-state index contributed by atoms with van der Waals surface area (Å²) in [6.45, 7) is 12.6. The van der Waals surface area contributed by atoms with E-state index in [-0.39, 0.29) is 0 Å². The molecular weight excluding hydrogens is 216 g/mol. The number of terminal acetylenes is 1. The molecule has 0 rings (SSSR count). The highest BCUT2D eigenvalue weighted by Gasteiger charge is 2.17.